The van der Waals surface area contributed by atoms with E-state index in [1.165, 1.54) is 38.5 Å². The molecule has 0 unspecified atom stereocenters. The number of ether oxygens (including phenoxy) is 2. The number of halogens is 2. The van der Waals surface area contributed by atoms with E-state index < -0.39 is 21.4 Å². The van der Waals surface area contributed by atoms with Gasteiger partial charge in [-0.15, -0.1) is 0 Å². The van der Waals surface area contributed by atoms with Gasteiger partial charge >= 0.3 is 0 Å². The first-order chi connectivity index (χ1) is 20.9. The highest BCUT2D eigenvalue weighted by molar-refractivity contribution is 7.92. The number of carbonyl (C=O) groups is 1. The molecule has 3 aromatic rings. The molecule has 1 aliphatic carbocycles. The smallest absolute Gasteiger partial charge is 0.263 e. The molecule has 1 aliphatic heterocycles. The molecule has 236 valence electrons. The number of hydrogen-bond donors (Lipinski definition) is 1. The van der Waals surface area contributed by atoms with Crippen molar-refractivity contribution in [2.24, 2.45) is 4.99 Å². The predicted molar refractivity (Wildman–Crippen MR) is 165 cm³/mol. The number of carbonyl (C=O) groups excluding carboxylic acids is 1. The van der Waals surface area contributed by atoms with Crippen molar-refractivity contribution < 1.29 is 31.6 Å². The lowest BCUT2D eigenvalue weighted by molar-refractivity contribution is -0.131. The highest BCUT2D eigenvalue weighted by Crippen LogP contribution is 2.43. The summed E-state index contributed by atoms with van der Waals surface area (Å²) in [4.78, 5) is 19.9. The third-order valence-corrected chi connectivity index (χ3v) is 10.1. The number of aliphatic imine (C=N–C) groups is 1. The number of methoxy groups -OCH3 is 2. The molecule has 0 radical (unpaired) electrons. The first-order valence-corrected chi connectivity index (χ1v) is 16.4. The molecule has 13 heteroatoms. The van der Waals surface area contributed by atoms with Crippen LogP contribution in [0.5, 0.6) is 11.5 Å². The van der Waals surface area contributed by atoms with Gasteiger partial charge in [0.1, 0.15) is 23.0 Å². The molecule has 2 heterocycles. The van der Waals surface area contributed by atoms with Crippen molar-refractivity contribution in [1.29, 1.82) is 0 Å². The molecular formula is C31H36ClFN4O6S. The SMILES string of the molecule is CCCCC1=NC2(CCCC2)C(=O)N1Cc1cc(F)c(-c2cc(OC)c(OC)cc2S(=O)(=O)Nc2noc(C)c2C)cc1Cl. The minimum absolute atomic E-state index is 0.00735. The summed E-state index contributed by atoms with van der Waals surface area (Å²) in [6.07, 6.45) is 5.75. The molecule has 0 saturated heterocycles. The van der Waals surface area contributed by atoms with E-state index in [1.807, 2.05) is 0 Å². The van der Waals surface area contributed by atoms with Crippen molar-refractivity contribution in [3.05, 3.63) is 52.0 Å². The number of aryl methyl sites for hydroxylation is 1. The lowest BCUT2D eigenvalue weighted by Crippen LogP contribution is -2.40. The van der Waals surface area contributed by atoms with E-state index in [9.17, 15) is 13.2 Å². The lowest BCUT2D eigenvalue weighted by Gasteiger charge is -2.23. The van der Waals surface area contributed by atoms with Gasteiger partial charge in [-0.3, -0.25) is 19.4 Å². The zero-order valence-corrected chi connectivity index (χ0v) is 27.0. The van der Waals surface area contributed by atoms with Gasteiger partial charge in [-0.25, -0.2) is 12.8 Å². The molecule has 10 nitrogen and oxygen atoms in total. The summed E-state index contributed by atoms with van der Waals surface area (Å²) in [5.74, 6) is 0.679. The molecule has 1 spiro atoms. The van der Waals surface area contributed by atoms with E-state index in [1.54, 1.807) is 18.7 Å². The summed E-state index contributed by atoms with van der Waals surface area (Å²) < 4.78 is 61.7. The fourth-order valence-electron chi connectivity index (χ4n) is 5.77. The number of aromatic nitrogens is 1. The molecular weight excluding hydrogens is 611 g/mol. The molecule has 44 heavy (non-hydrogen) atoms. The zero-order valence-electron chi connectivity index (χ0n) is 25.4. The van der Waals surface area contributed by atoms with Crippen molar-refractivity contribution in [2.75, 3.05) is 18.9 Å². The van der Waals surface area contributed by atoms with Crippen LogP contribution >= 0.6 is 11.6 Å². The van der Waals surface area contributed by atoms with Crippen molar-refractivity contribution in [1.82, 2.24) is 10.1 Å². The van der Waals surface area contributed by atoms with Crippen LogP contribution in [0.2, 0.25) is 5.02 Å². The minimum Gasteiger partial charge on any atom is -0.493 e. The predicted octanol–water partition coefficient (Wildman–Crippen LogP) is 6.81. The maximum absolute atomic E-state index is 16.1. The summed E-state index contributed by atoms with van der Waals surface area (Å²) >= 11 is 6.74. The second-order valence-electron chi connectivity index (χ2n) is 11.2. The maximum atomic E-state index is 16.1. The molecule has 1 saturated carbocycles. The monoisotopic (exact) mass is 646 g/mol. The van der Waals surface area contributed by atoms with Gasteiger partial charge in [0.15, 0.2) is 17.3 Å². The highest BCUT2D eigenvalue weighted by atomic mass is 35.5. The van der Waals surface area contributed by atoms with Gasteiger partial charge in [0.25, 0.3) is 15.9 Å². The molecule has 2 aromatic carbocycles. The largest absolute Gasteiger partial charge is 0.493 e. The quantitative estimate of drug-likeness (QED) is 0.243. The molecule has 1 N–H and O–H groups in total. The summed E-state index contributed by atoms with van der Waals surface area (Å²) in [6.45, 7) is 5.45. The maximum Gasteiger partial charge on any atom is 0.263 e. The Bertz CT molecular complexity index is 1730. The Morgan fingerprint density at radius 3 is 2.39 bits per heavy atom. The van der Waals surface area contributed by atoms with Gasteiger partial charge in [0, 0.05) is 34.2 Å². The van der Waals surface area contributed by atoms with Gasteiger partial charge in [0.2, 0.25) is 0 Å². The number of amidine groups is 1. The normalized spacial score (nSPS) is 16.1. The Morgan fingerprint density at radius 1 is 1.09 bits per heavy atom. The fourth-order valence-corrected chi connectivity index (χ4v) is 7.27. The number of benzene rings is 2. The summed E-state index contributed by atoms with van der Waals surface area (Å²) in [6, 6.07) is 5.24. The number of nitrogens with zero attached hydrogens (tertiary/aromatic N) is 3. The fraction of sp³-hybridized carbons (Fsp3) is 0.452. The average Bonchev–Trinajstić information content (AvgIpc) is 3.67. The number of sulfonamides is 1. The lowest BCUT2D eigenvalue weighted by atomic mass is 9.98. The van der Waals surface area contributed by atoms with Gasteiger partial charge in [-0.1, -0.05) is 42.9 Å². The van der Waals surface area contributed by atoms with Crippen LogP contribution in [-0.4, -0.2) is 50.0 Å². The van der Waals surface area contributed by atoms with Crippen LogP contribution in [0.15, 0.2) is 38.7 Å². The summed E-state index contributed by atoms with van der Waals surface area (Å²) in [5, 5.41) is 3.97. The van der Waals surface area contributed by atoms with E-state index in [2.05, 4.69) is 16.8 Å². The molecule has 1 amide bonds. The third-order valence-electron chi connectivity index (χ3n) is 8.40. The first-order valence-electron chi connectivity index (χ1n) is 14.6. The van der Waals surface area contributed by atoms with E-state index in [0.717, 1.165) is 25.7 Å². The van der Waals surface area contributed by atoms with Crippen LogP contribution < -0.4 is 14.2 Å². The number of amides is 1. The Kier molecular flexibility index (Phi) is 8.95. The van der Waals surface area contributed by atoms with E-state index in [-0.39, 0.29) is 50.8 Å². The van der Waals surface area contributed by atoms with E-state index in [0.29, 0.717) is 42.0 Å². The van der Waals surface area contributed by atoms with Crippen LogP contribution in [0.4, 0.5) is 10.2 Å². The van der Waals surface area contributed by atoms with Crippen LogP contribution in [0, 0.1) is 19.7 Å². The molecule has 0 bridgehead atoms. The van der Waals surface area contributed by atoms with Crippen LogP contribution in [-0.2, 0) is 21.4 Å². The van der Waals surface area contributed by atoms with Crippen LogP contribution in [0.1, 0.15) is 68.8 Å². The number of unbranched alkanes of at least 4 members (excludes halogenated alkanes) is 1. The van der Waals surface area contributed by atoms with Gasteiger partial charge in [-0.2, -0.15) is 0 Å². The van der Waals surface area contributed by atoms with Gasteiger partial charge in [-0.05, 0) is 56.9 Å². The summed E-state index contributed by atoms with van der Waals surface area (Å²) in [5.41, 5.74) is 0.0773. The molecule has 5 rings (SSSR count). The number of hydrogen-bond acceptors (Lipinski definition) is 8. The first kappa shape index (κ1) is 31.8. The topological polar surface area (TPSA) is 123 Å². The highest BCUT2D eigenvalue weighted by Gasteiger charge is 2.49. The molecule has 2 aliphatic rings. The summed E-state index contributed by atoms with van der Waals surface area (Å²) in [7, 11) is -1.58. The van der Waals surface area contributed by atoms with Gasteiger partial charge < -0.3 is 14.0 Å². The molecule has 1 aromatic heterocycles. The zero-order chi connectivity index (χ0) is 31.8. The Morgan fingerprint density at radius 2 is 1.77 bits per heavy atom. The number of nitrogens with one attached hydrogen (secondary N) is 1. The molecule has 0 atom stereocenters. The van der Waals surface area contributed by atoms with Crippen molar-refractivity contribution >= 4 is 39.2 Å². The van der Waals surface area contributed by atoms with Crippen LogP contribution in [0.3, 0.4) is 0 Å². The Labute approximate surface area is 261 Å². The molecule has 1 fully saturated rings. The van der Waals surface area contributed by atoms with E-state index >= 15 is 4.39 Å². The second-order valence-corrected chi connectivity index (χ2v) is 13.3. The standard InChI is InChI=1S/C31H36ClFN4O6S/c1-6-7-10-28-34-31(11-8-9-12-31)30(38)37(28)17-20-13-24(33)21(14-23(20)32)22-15-25(41-4)26(42-5)16-27(22)44(39,40)36-29-18(2)19(3)43-35-29/h13-16H,6-12,17H2,1-5H3,(H,35,36). The Balaban J connectivity index is 1.55. The Hall–Kier alpha value is -3.64. The average molecular weight is 647 g/mol. The minimum atomic E-state index is -4.34. The van der Waals surface area contributed by atoms with Gasteiger partial charge in [0.05, 0.1) is 25.7 Å². The second kappa shape index (κ2) is 12.4. The van der Waals surface area contributed by atoms with E-state index in [4.69, 9.17) is 30.6 Å². The van der Waals surface area contributed by atoms with Crippen LogP contribution in [0.25, 0.3) is 11.1 Å². The number of rotatable bonds is 11. The van der Waals surface area contributed by atoms with Crippen molar-refractivity contribution in [3.8, 4) is 22.6 Å². The van der Waals surface area contributed by atoms with Crippen molar-refractivity contribution in [3.63, 3.8) is 0 Å². The third kappa shape index (κ3) is 5.77. The number of anilines is 1. The van der Waals surface area contributed by atoms with Crippen molar-refractivity contribution in [2.45, 2.75) is 82.7 Å².